The fourth-order valence-electron chi connectivity index (χ4n) is 3.90. The van der Waals surface area contributed by atoms with E-state index in [0.29, 0.717) is 5.56 Å². The smallest absolute Gasteiger partial charge is 0.201 e. The molecule has 0 amide bonds. The minimum Gasteiger partial charge on any atom is -0.297 e. The van der Waals surface area contributed by atoms with Crippen molar-refractivity contribution in [3.05, 3.63) is 77.4 Å². The highest BCUT2D eigenvalue weighted by molar-refractivity contribution is 7.70. The Morgan fingerprint density at radius 3 is 2.60 bits per heavy atom. The molecule has 1 fully saturated rings. The number of halogens is 1. The first-order chi connectivity index (χ1) is 14.6. The monoisotopic (exact) mass is 429 g/mol. The fourth-order valence-corrected chi connectivity index (χ4v) is 4.21. The van der Waals surface area contributed by atoms with Gasteiger partial charge in [0.2, 0.25) is 10.9 Å². The Kier molecular flexibility index (Phi) is 6.51. The van der Waals surface area contributed by atoms with E-state index in [1.165, 1.54) is 6.07 Å². The molecule has 0 spiro atoms. The Morgan fingerprint density at radius 1 is 1.10 bits per heavy atom. The van der Waals surface area contributed by atoms with Crippen molar-refractivity contribution in [2.24, 2.45) is 0 Å². The van der Waals surface area contributed by atoms with E-state index in [4.69, 9.17) is 0 Å². The quantitative estimate of drug-likeness (QED) is 0.564. The van der Waals surface area contributed by atoms with Crippen LogP contribution in [0.3, 0.4) is 0 Å². The number of hydrogen-bond acceptors (Lipinski definition) is 5. The number of hydrogen-bond donors (Lipinski definition) is 2. The van der Waals surface area contributed by atoms with Crippen LogP contribution in [0.25, 0.3) is 5.69 Å². The lowest BCUT2D eigenvalue weighted by Crippen LogP contribution is -2.32. The van der Waals surface area contributed by atoms with Gasteiger partial charge in [0.05, 0.1) is 17.6 Å². The van der Waals surface area contributed by atoms with Crippen LogP contribution in [-0.4, -0.2) is 41.4 Å². The van der Waals surface area contributed by atoms with Crippen LogP contribution in [-0.2, 0) is 24.0 Å². The summed E-state index contributed by atoms with van der Waals surface area (Å²) in [6.45, 7) is 2.62. The van der Waals surface area contributed by atoms with Crippen molar-refractivity contribution in [1.29, 1.82) is 0 Å². The maximum Gasteiger partial charge on any atom is 0.201 e. The third-order valence-electron chi connectivity index (χ3n) is 5.40. The number of aromatic nitrogens is 3. The molecule has 7 nitrogen and oxygen atoms in total. The van der Waals surface area contributed by atoms with Crippen molar-refractivity contribution in [2.45, 2.75) is 31.8 Å². The maximum absolute atomic E-state index is 14.0. The van der Waals surface area contributed by atoms with Gasteiger partial charge < -0.3 is 0 Å². The van der Waals surface area contributed by atoms with Crippen LogP contribution in [0.5, 0.6) is 0 Å². The highest BCUT2D eigenvalue weighted by Gasteiger charge is 2.22. The Hall–Kier alpha value is -2.62. The van der Waals surface area contributed by atoms with Crippen molar-refractivity contribution in [1.82, 2.24) is 24.6 Å². The summed E-state index contributed by atoms with van der Waals surface area (Å²) >= 11 is 0. The van der Waals surface area contributed by atoms with Gasteiger partial charge in [-0.2, -0.15) is 0 Å². The van der Waals surface area contributed by atoms with Gasteiger partial charge in [-0.1, -0.05) is 29.5 Å². The van der Waals surface area contributed by atoms with Crippen molar-refractivity contribution < 1.29 is 12.8 Å². The number of para-hydroxylation sites is 1. The largest absolute Gasteiger partial charge is 0.297 e. The van der Waals surface area contributed by atoms with E-state index >= 15 is 0 Å². The molecule has 3 aromatic rings. The zero-order valence-corrected chi connectivity index (χ0v) is 17.3. The van der Waals surface area contributed by atoms with Gasteiger partial charge in [-0.05, 0) is 67.2 Å². The molecule has 0 radical (unpaired) electrons. The molecular formula is C21H24FN5O2S. The molecule has 1 aromatic heterocycles. The lowest BCUT2D eigenvalue weighted by Gasteiger charge is -2.31. The second-order valence-electron chi connectivity index (χ2n) is 7.53. The number of thiol groups is 1. The second kappa shape index (κ2) is 9.46. The summed E-state index contributed by atoms with van der Waals surface area (Å²) < 4.78 is 39.6. The number of rotatable bonds is 7. The van der Waals surface area contributed by atoms with Gasteiger partial charge in [-0.25, -0.2) is 22.2 Å². The summed E-state index contributed by atoms with van der Waals surface area (Å²) in [5.74, 6) is -0.0675. The molecule has 0 unspecified atom stereocenters. The van der Waals surface area contributed by atoms with E-state index in [-0.39, 0.29) is 18.3 Å². The molecule has 1 N–H and O–H groups in total. The van der Waals surface area contributed by atoms with Gasteiger partial charge in [-0.3, -0.25) is 4.90 Å². The number of benzene rings is 2. The second-order valence-corrected chi connectivity index (χ2v) is 8.36. The zero-order chi connectivity index (χ0) is 20.9. The summed E-state index contributed by atoms with van der Waals surface area (Å²) in [4.78, 5) is 2.33. The number of nitrogens with zero attached hydrogens (tertiary/aromatic N) is 4. The first-order valence-corrected chi connectivity index (χ1v) is 11.1. The van der Waals surface area contributed by atoms with Crippen molar-refractivity contribution >= 4 is 10.9 Å². The molecule has 0 bridgehead atoms. The van der Waals surface area contributed by atoms with Crippen LogP contribution < -0.4 is 4.72 Å². The third kappa shape index (κ3) is 5.29. The Morgan fingerprint density at radius 2 is 1.87 bits per heavy atom. The van der Waals surface area contributed by atoms with Crippen LogP contribution in [0.2, 0.25) is 0 Å². The molecule has 0 atom stereocenters. The lowest BCUT2D eigenvalue weighted by molar-refractivity contribution is 0.202. The summed E-state index contributed by atoms with van der Waals surface area (Å²) in [5, 5.41) is 8.50. The molecule has 4 rings (SSSR count). The van der Waals surface area contributed by atoms with E-state index in [1.807, 2.05) is 42.6 Å². The lowest BCUT2D eigenvalue weighted by atomic mass is 9.88. The predicted molar refractivity (Wildman–Crippen MR) is 112 cm³/mol. The van der Waals surface area contributed by atoms with Crippen molar-refractivity contribution in [2.75, 3.05) is 13.1 Å². The van der Waals surface area contributed by atoms with Gasteiger partial charge in [0.15, 0.2) is 0 Å². The SMILES string of the molecule is O=[SH](=O)NCc1cc(F)cc(C2CCN(Cc3cn(-c4ccccc4)nn3)CC2)c1. The van der Waals surface area contributed by atoms with Crippen molar-refractivity contribution in [3.63, 3.8) is 0 Å². The van der Waals surface area contributed by atoms with Gasteiger partial charge >= 0.3 is 0 Å². The minimum absolute atomic E-state index is 0.110. The molecule has 1 aliphatic rings. The van der Waals surface area contributed by atoms with Gasteiger partial charge in [-0.15, -0.1) is 5.10 Å². The standard InChI is InChI=1S/C21H24FN5O2S/c22-19-11-16(13-23-30(28)29)10-18(12-19)17-6-8-26(9-7-17)14-20-15-27(25-24-20)21-4-2-1-3-5-21/h1-5,10-12,15,17,30H,6-9,13-14H2,(H,23,28,29). The van der Waals surface area contributed by atoms with E-state index in [0.717, 1.165) is 49.4 Å². The molecule has 2 heterocycles. The van der Waals surface area contributed by atoms with Crippen LogP contribution >= 0.6 is 0 Å². The number of piperidine rings is 1. The summed E-state index contributed by atoms with van der Waals surface area (Å²) in [6.07, 6.45) is 3.78. The first-order valence-electron chi connectivity index (χ1n) is 9.93. The average molecular weight is 430 g/mol. The number of likely N-dealkylation sites (tertiary alicyclic amines) is 1. The van der Waals surface area contributed by atoms with Crippen molar-refractivity contribution in [3.8, 4) is 5.69 Å². The Bertz CT molecular complexity index is 1050. The average Bonchev–Trinajstić information content (AvgIpc) is 3.21. The molecule has 0 aliphatic carbocycles. The van der Waals surface area contributed by atoms with Crippen LogP contribution in [0.15, 0.2) is 54.7 Å². The van der Waals surface area contributed by atoms with E-state index in [9.17, 15) is 12.8 Å². The Labute approximate surface area is 176 Å². The van der Waals surface area contributed by atoms with E-state index in [2.05, 4.69) is 19.9 Å². The molecule has 2 aromatic carbocycles. The van der Waals surface area contributed by atoms with Crippen LogP contribution in [0, 0.1) is 5.82 Å². The topological polar surface area (TPSA) is 80.1 Å². The minimum atomic E-state index is -2.69. The van der Waals surface area contributed by atoms with Crippen LogP contribution in [0.4, 0.5) is 4.39 Å². The molecule has 1 aliphatic heterocycles. The maximum atomic E-state index is 14.0. The van der Waals surface area contributed by atoms with Crippen LogP contribution in [0.1, 0.15) is 35.6 Å². The Balaban J connectivity index is 1.35. The molecule has 30 heavy (non-hydrogen) atoms. The highest BCUT2D eigenvalue weighted by Crippen LogP contribution is 2.30. The van der Waals surface area contributed by atoms with Gasteiger partial charge in [0, 0.05) is 13.1 Å². The summed E-state index contributed by atoms with van der Waals surface area (Å²) in [7, 11) is -2.69. The fraction of sp³-hybridized carbons (Fsp3) is 0.333. The number of nitrogens with one attached hydrogen (secondary N) is 1. The predicted octanol–water partition coefficient (Wildman–Crippen LogP) is 2.40. The molecule has 1 saturated heterocycles. The first kappa shape index (κ1) is 20.6. The highest BCUT2D eigenvalue weighted by atomic mass is 32.2. The summed E-state index contributed by atoms with van der Waals surface area (Å²) in [6, 6.07) is 14.7. The van der Waals surface area contributed by atoms with E-state index < -0.39 is 10.9 Å². The zero-order valence-electron chi connectivity index (χ0n) is 16.4. The summed E-state index contributed by atoms with van der Waals surface area (Å²) in [5.41, 5.74) is 3.47. The molecule has 158 valence electrons. The normalized spacial score (nSPS) is 15.7. The molecule has 9 heteroatoms. The third-order valence-corrected chi connectivity index (χ3v) is 5.81. The molecular weight excluding hydrogens is 405 g/mol. The van der Waals surface area contributed by atoms with E-state index in [1.54, 1.807) is 10.7 Å². The molecule has 0 saturated carbocycles. The van der Waals surface area contributed by atoms with Gasteiger partial charge in [0.1, 0.15) is 5.82 Å². The van der Waals surface area contributed by atoms with Gasteiger partial charge in [0.25, 0.3) is 0 Å².